The molecule has 0 bridgehead atoms. The molecule has 0 spiro atoms. The van der Waals surface area contributed by atoms with Gasteiger partial charge in [0.25, 0.3) is 0 Å². The lowest BCUT2D eigenvalue weighted by molar-refractivity contribution is -0.138. The van der Waals surface area contributed by atoms with Crippen LogP contribution in [0.15, 0.2) is 23.6 Å². The lowest BCUT2D eigenvalue weighted by Crippen LogP contribution is -2.45. The van der Waals surface area contributed by atoms with Crippen LogP contribution in [0.5, 0.6) is 0 Å². The summed E-state index contributed by atoms with van der Waals surface area (Å²) in [5, 5.41) is 0. The van der Waals surface area contributed by atoms with Gasteiger partial charge in [0.05, 0.1) is 6.61 Å². The Balaban J connectivity index is 4.63. The molecule has 0 aromatic rings. The maximum absolute atomic E-state index is 11.4. The smallest absolute Gasteiger partial charge is 0.333 e. The molecule has 0 rings (SSSR count). The molecule has 0 atom stereocenters. The van der Waals surface area contributed by atoms with Crippen LogP contribution in [0.4, 0.5) is 0 Å². The van der Waals surface area contributed by atoms with Crippen LogP contribution in [-0.4, -0.2) is 45.8 Å². The van der Waals surface area contributed by atoms with Gasteiger partial charge in [0.2, 0.25) is 0 Å². The number of rotatable bonds is 11. The molecule has 0 aromatic carbocycles. The first-order chi connectivity index (χ1) is 11.4. The SMILES string of the molecule is C=C(C)C(=O)OCCC[Si](C)(C)O[Si](C)(C)/C=C/[Si](C)(C)O[Si](C)(C)C. The molecular formula is C18H40O4Si4. The Hall–Kier alpha value is -0.262. The summed E-state index contributed by atoms with van der Waals surface area (Å²) in [5.74, 6) is -0.308. The van der Waals surface area contributed by atoms with Crippen molar-refractivity contribution in [1.82, 2.24) is 0 Å². The maximum Gasteiger partial charge on any atom is 0.333 e. The highest BCUT2D eigenvalue weighted by Crippen LogP contribution is 2.23. The monoisotopic (exact) mass is 432 g/mol. The fourth-order valence-electron chi connectivity index (χ4n) is 2.81. The summed E-state index contributed by atoms with van der Waals surface area (Å²) in [4.78, 5) is 11.4. The largest absolute Gasteiger partial charge is 0.462 e. The molecular weight excluding hydrogens is 393 g/mol. The molecule has 0 fully saturated rings. The number of carbonyl (C=O) groups excluding carboxylic acids is 1. The summed E-state index contributed by atoms with van der Waals surface area (Å²) in [6.45, 7) is 25.9. The Kier molecular flexibility index (Phi) is 9.69. The standard InChI is InChI=1S/C18H40O4Si4/c1-17(2)18(19)20-13-12-14-24(6,7)22-26(10,11)16-15-25(8,9)21-23(3,4)5/h15-16H,1,12-14H2,2-11H3/b16-15+. The van der Waals surface area contributed by atoms with Crippen LogP contribution in [0.1, 0.15) is 13.3 Å². The Morgan fingerprint density at radius 2 is 1.35 bits per heavy atom. The van der Waals surface area contributed by atoms with Crippen LogP contribution in [0.3, 0.4) is 0 Å². The van der Waals surface area contributed by atoms with Crippen molar-refractivity contribution in [2.75, 3.05) is 6.61 Å². The van der Waals surface area contributed by atoms with E-state index in [1.165, 1.54) is 0 Å². The van der Waals surface area contributed by atoms with E-state index in [0.29, 0.717) is 12.2 Å². The Morgan fingerprint density at radius 1 is 0.885 bits per heavy atom. The lowest BCUT2D eigenvalue weighted by Gasteiger charge is -2.34. The van der Waals surface area contributed by atoms with Crippen molar-refractivity contribution in [2.45, 2.75) is 78.3 Å². The molecule has 0 aliphatic heterocycles. The van der Waals surface area contributed by atoms with Crippen molar-refractivity contribution in [1.29, 1.82) is 0 Å². The second-order valence-electron chi connectivity index (χ2n) is 9.64. The quantitative estimate of drug-likeness (QED) is 0.184. The van der Waals surface area contributed by atoms with Gasteiger partial charge in [0.15, 0.2) is 33.3 Å². The molecule has 0 aromatic heterocycles. The minimum Gasteiger partial charge on any atom is -0.462 e. The van der Waals surface area contributed by atoms with Crippen LogP contribution in [-0.2, 0) is 17.8 Å². The summed E-state index contributed by atoms with van der Waals surface area (Å²) in [6, 6.07) is 0.979. The minimum atomic E-state index is -1.89. The van der Waals surface area contributed by atoms with Gasteiger partial charge in [-0.15, -0.1) is 0 Å². The van der Waals surface area contributed by atoms with Gasteiger partial charge in [0.1, 0.15) is 0 Å². The van der Waals surface area contributed by atoms with E-state index in [9.17, 15) is 4.79 Å². The molecule has 0 radical (unpaired) electrons. The van der Waals surface area contributed by atoms with E-state index < -0.39 is 33.3 Å². The van der Waals surface area contributed by atoms with Gasteiger partial charge in [-0.1, -0.05) is 18.0 Å². The van der Waals surface area contributed by atoms with Gasteiger partial charge in [0, 0.05) is 5.57 Å². The predicted octanol–water partition coefficient (Wildman–Crippen LogP) is 5.61. The molecule has 0 unspecified atom stereocenters. The minimum absolute atomic E-state index is 0.308. The van der Waals surface area contributed by atoms with Crippen molar-refractivity contribution >= 4 is 39.2 Å². The second-order valence-corrected chi connectivity index (χ2v) is 26.6. The van der Waals surface area contributed by atoms with Gasteiger partial charge in [-0.2, -0.15) is 0 Å². The van der Waals surface area contributed by atoms with E-state index in [0.717, 1.165) is 12.5 Å². The Bertz CT molecular complexity index is 520. The molecule has 0 N–H and O–H groups in total. The normalized spacial score (nSPS) is 13.9. The van der Waals surface area contributed by atoms with Crippen molar-refractivity contribution in [3.8, 4) is 0 Å². The fraction of sp³-hybridized carbons (Fsp3) is 0.722. The number of carbonyl (C=O) groups is 1. The average molecular weight is 433 g/mol. The van der Waals surface area contributed by atoms with E-state index in [-0.39, 0.29) is 5.97 Å². The van der Waals surface area contributed by atoms with Gasteiger partial charge < -0.3 is 13.0 Å². The number of hydrogen-bond donors (Lipinski definition) is 0. The van der Waals surface area contributed by atoms with E-state index in [4.69, 9.17) is 13.0 Å². The van der Waals surface area contributed by atoms with E-state index in [2.05, 4.69) is 76.9 Å². The van der Waals surface area contributed by atoms with Crippen molar-refractivity contribution in [3.05, 3.63) is 23.6 Å². The third-order valence-electron chi connectivity index (χ3n) is 3.50. The first kappa shape index (κ1) is 25.7. The zero-order valence-corrected chi connectivity index (χ0v) is 22.6. The highest BCUT2D eigenvalue weighted by atomic mass is 28.4. The van der Waals surface area contributed by atoms with E-state index in [1.54, 1.807) is 6.92 Å². The van der Waals surface area contributed by atoms with E-state index >= 15 is 0 Å². The van der Waals surface area contributed by atoms with Gasteiger partial charge in [-0.05, 0) is 78.3 Å². The topological polar surface area (TPSA) is 44.8 Å². The summed E-state index contributed by atoms with van der Waals surface area (Å²) >= 11 is 0. The van der Waals surface area contributed by atoms with Crippen LogP contribution in [0, 0.1) is 0 Å². The Morgan fingerprint density at radius 3 is 1.77 bits per heavy atom. The van der Waals surface area contributed by atoms with Crippen LogP contribution >= 0.6 is 0 Å². The predicted molar refractivity (Wildman–Crippen MR) is 122 cm³/mol. The van der Waals surface area contributed by atoms with Gasteiger partial charge in [-0.3, -0.25) is 0 Å². The second kappa shape index (κ2) is 9.79. The van der Waals surface area contributed by atoms with Crippen LogP contribution in [0.2, 0.25) is 65.0 Å². The zero-order chi connectivity index (χ0) is 20.8. The molecule has 0 saturated heterocycles. The fourth-order valence-corrected chi connectivity index (χ4v) is 20.0. The average Bonchev–Trinajstić information content (AvgIpc) is 2.37. The third kappa shape index (κ3) is 13.0. The first-order valence-electron chi connectivity index (χ1n) is 9.38. The Labute approximate surface area is 165 Å². The summed E-state index contributed by atoms with van der Waals surface area (Å²) in [6.07, 6.45) is 0.839. The van der Waals surface area contributed by atoms with Crippen LogP contribution < -0.4 is 0 Å². The van der Waals surface area contributed by atoms with Crippen molar-refractivity contribution < 1.29 is 17.8 Å². The zero-order valence-electron chi connectivity index (χ0n) is 18.6. The summed E-state index contributed by atoms with van der Waals surface area (Å²) in [5.41, 5.74) is 5.08. The number of esters is 1. The molecule has 26 heavy (non-hydrogen) atoms. The van der Waals surface area contributed by atoms with Crippen molar-refractivity contribution in [3.63, 3.8) is 0 Å². The molecule has 0 saturated carbocycles. The summed E-state index contributed by atoms with van der Waals surface area (Å²) < 4.78 is 18.2. The number of hydrogen-bond acceptors (Lipinski definition) is 4. The highest BCUT2D eigenvalue weighted by molar-refractivity contribution is 6.90. The maximum atomic E-state index is 11.4. The highest BCUT2D eigenvalue weighted by Gasteiger charge is 2.33. The molecule has 0 aliphatic carbocycles. The third-order valence-corrected chi connectivity index (χ3v) is 16.2. The summed E-state index contributed by atoms with van der Waals surface area (Å²) in [7, 11) is -7.02. The molecule has 0 heterocycles. The van der Waals surface area contributed by atoms with E-state index in [1.807, 2.05) is 0 Å². The lowest BCUT2D eigenvalue weighted by atomic mass is 10.4. The molecule has 0 aliphatic rings. The van der Waals surface area contributed by atoms with Crippen LogP contribution in [0.25, 0.3) is 0 Å². The van der Waals surface area contributed by atoms with Gasteiger partial charge in [-0.25, -0.2) is 4.79 Å². The molecule has 0 amide bonds. The number of ether oxygens (including phenoxy) is 1. The van der Waals surface area contributed by atoms with Crippen molar-refractivity contribution in [2.24, 2.45) is 0 Å². The van der Waals surface area contributed by atoms with Gasteiger partial charge >= 0.3 is 5.97 Å². The molecule has 8 heteroatoms. The molecule has 4 nitrogen and oxygen atoms in total. The molecule has 152 valence electrons. The first-order valence-corrected chi connectivity index (χ1v) is 21.9.